The summed E-state index contributed by atoms with van der Waals surface area (Å²) < 4.78 is 165. The Morgan fingerprint density at radius 2 is 1.00 bits per heavy atom. The normalized spacial score (nSPS) is 13.9. The summed E-state index contributed by atoms with van der Waals surface area (Å²) in [6.45, 7) is 0. The van der Waals surface area contributed by atoms with E-state index < -0.39 is 99.5 Å². The fourth-order valence-corrected chi connectivity index (χ4v) is 3.19. The Morgan fingerprint density at radius 3 is 1.39 bits per heavy atom. The van der Waals surface area contributed by atoms with E-state index in [1.807, 2.05) is 0 Å². The van der Waals surface area contributed by atoms with Gasteiger partial charge in [-0.25, -0.2) is 0 Å². The Morgan fingerprint density at radius 1 is 0.545 bits per heavy atom. The molecule has 2 aromatic carbocycles. The maximum absolute atomic E-state index is 14.1. The Bertz CT molecular complexity index is 1050. The van der Waals surface area contributed by atoms with E-state index >= 15 is 0 Å². The number of phenolic OH excluding ortho intramolecular Hbond substituents is 2. The minimum absolute atomic E-state index is 0.477. The summed E-state index contributed by atoms with van der Waals surface area (Å²) in [7, 11) is 0. The number of hydrogen-bond acceptors (Lipinski definition) is 4. The molecule has 0 aromatic heterocycles. The van der Waals surface area contributed by atoms with Gasteiger partial charge in [0, 0.05) is 0 Å². The summed E-state index contributed by atoms with van der Waals surface area (Å²) in [6, 6.07) is -2.27. The molecule has 0 aliphatic carbocycles. The smallest absolute Gasteiger partial charge is 0.418 e. The molecule has 6 N–H and O–H groups in total. The lowest BCUT2D eigenvalue weighted by Gasteiger charge is -2.40. The van der Waals surface area contributed by atoms with Crippen LogP contribution < -0.4 is 11.5 Å². The van der Waals surface area contributed by atoms with Gasteiger partial charge in [-0.3, -0.25) is 0 Å². The van der Waals surface area contributed by atoms with Crippen molar-refractivity contribution in [3.8, 4) is 11.5 Å². The third-order valence-electron chi connectivity index (χ3n) is 4.62. The van der Waals surface area contributed by atoms with E-state index in [1.54, 1.807) is 0 Å². The Balaban J connectivity index is 3.27. The summed E-state index contributed by atoms with van der Waals surface area (Å²) in [5.41, 5.74) is -9.07. The number of benzene rings is 2. The molecule has 0 saturated heterocycles. The molecule has 0 atom stereocenters. The van der Waals surface area contributed by atoms with Crippen molar-refractivity contribution in [2.75, 3.05) is 11.5 Å². The molecule has 0 amide bonds. The predicted octanol–water partition coefficient (Wildman–Crippen LogP) is 5.71. The summed E-state index contributed by atoms with van der Waals surface area (Å²) in [6.07, 6.45) is -25.2. The first-order valence-electron chi connectivity index (χ1n) is 8.10. The second-order valence-corrected chi connectivity index (χ2v) is 6.65. The highest BCUT2D eigenvalue weighted by atomic mass is 19.4. The molecule has 0 heterocycles. The van der Waals surface area contributed by atoms with Crippen molar-refractivity contribution in [1.82, 2.24) is 0 Å². The van der Waals surface area contributed by atoms with Crippen LogP contribution in [0.25, 0.3) is 0 Å². The molecule has 33 heavy (non-hydrogen) atoms. The van der Waals surface area contributed by atoms with Crippen LogP contribution in [0.1, 0.15) is 22.3 Å². The predicted molar refractivity (Wildman–Crippen MR) is 87.9 cm³/mol. The number of aromatic hydroxyl groups is 2. The fourth-order valence-electron chi connectivity index (χ4n) is 3.19. The largest absolute Gasteiger partial charge is 0.506 e. The van der Waals surface area contributed by atoms with E-state index in [-0.39, 0.29) is 0 Å². The van der Waals surface area contributed by atoms with Crippen molar-refractivity contribution in [2.24, 2.45) is 0 Å². The monoisotopic (exact) mass is 502 g/mol. The van der Waals surface area contributed by atoms with Crippen LogP contribution in [-0.4, -0.2) is 22.6 Å². The lowest BCUT2D eigenvalue weighted by Crippen LogP contribution is -2.55. The molecule has 0 aliphatic heterocycles. The summed E-state index contributed by atoms with van der Waals surface area (Å²) >= 11 is 0. The van der Waals surface area contributed by atoms with E-state index in [1.165, 1.54) is 0 Å². The molecule has 2 rings (SSSR count). The molecule has 0 radical (unpaired) electrons. The maximum Gasteiger partial charge on any atom is 0.418 e. The highest BCUT2D eigenvalue weighted by Gasteiger charge is 2.74. The molecule has 184 valence electrons. The molecule has 16 heteroatoms. The lowest BCUT2D eigenvalue weighted by molar-refractivity contribution is -0.289. The first-order chi connectivity index (χ1) is 14.6. The van der Waals surface area contributed by atoms with Gasteiger partial charge in [0.05, 0.1) is 22.5 Å². The number of anilines is 2. The molecule has 0 unspecified atom stereocenters. The van der Waals surface area contributed by atoms with Gasteiger partial charge < -0.3 is 21.7 Å². The molecule has 4 nitrogen and oxygen atoms in total. The van der Waals surface area contributed by atoms with Crippen molar-refractivity contribution in [1.29, 1.82) is 0 Å². The van der Waals surface area contributed by atoms with Gasteiger partial charge in [-0.1, -0.05) is 0 Å². The summed E-state index contributed by atoms with van der Waals surface area (Å²) in [4.78, 5) is 0. The minimum atomic E-state index is -6.78. The zero-order valence-electron chi connectivity index (χ0n) is 15.4. The maximum atomic E-state index is 14.1. The van der Waals surface area contributed by atoms with Crippen molar-refractivity contribution in [3.05, 3.63) is 46.5 Å². The van der Waals surface area contributed by atoms with Crippen LogP contribution in [-0.2, 0) is 17.8 Å². The molecule has 0 fully saturated rings. The minimum Gasteiger partial charge on any atom is -0.506 e. The molecular weight excluding hydrogens is 492 g/mol. The summed E-state index contributed by atoms with van der Waals surface area (Å²) in [5.74, 6) is -3.45. The van der Waals surface area contributed by atoms with Crippen molar-refractivity contribution < 1.29 is 62.9 Å². The van der Waals surface area contributed by atoms with E-state index in [2.05, 4.69) is 0 Å². The van der Waals surface area contributed by atoms with Crippen molar-refractivity contribution in [2.45, 2.75) is 30.1 Å². The molecule has 0 bridgehead atoms. The molecular formula is C17H10F12N2O2. The SMILES string of the molecule is Nc1cc(C(c2cc(O)c(N)c(C(F)(F)F)c2)(C(F)(F)F)C(F)(F)F)c(C(F)(F)F)cc1O. The van der Waals surface area contributed by atoms with Gasteiger partial charge in [0.15, 0.2) is 0 Å². The van der Waals surface area contributed by atoms with Gasteiger partial charge in [-0.05, 0) is 35.4 Å². The molecule has 2 aromatic rings. The number of alkyl halides is 12. The lowest BCUT2D eigenvalue weighted by atomic mass is 9.70. The van der Waals surface area contributed by atoms with Gasteiger partial charge in [-0.2, -0.15) is 52.7 Å². The van der Waals surface area contributed by atoms with Gasteiger partial charge in [-0.15, -0.1) is 0 Å². The summed E-state index contributed by atoms with van der Waals surface area (Å²) in [5, 5.41) is 18.9. The van der Waals surface area contributed by atoms with Gasteiger partial charge in [0.1, 0.15) is 11.5 Å². The fraction of sp³-hybridized carbons (Fsp3) is 0.294. The first kappa shape index (κ1) is 26.1. The second kappa shape index (κ2) is 7.41. The van der Waals surface area contributed by atoms with Crippen LogP contribution >= 0.6 is 0 Å². The third kappa shape index (κ3) is 4.13. The van der Waals surface area contributed by atoms with Crippen LogP contribution in [0.3, 0.4) is 0 Å². The number of phenols is 2. The molecule has 0 saturated carbocycles. The number of rotatable bonds is 2. The quantitative estimate of drug-likeness (QED) is 0.241. The first-order valence-corrected chi connectivity index (χ1v) is 8.10. The highest BCUT2D eigenvalue weighted by molar-refractivity contribution is 5.66. The average molecular weight is 502 g/mol. The Kier molecular flexibility index (Phi) is 5.85. The topological polar surface area (TPSA) is 92.5 Å². The third-order valence-corrected chi connectivity index (χ3v) is 4.62. The molecule has 0 spiro atoms. The van der Waals surface area contributed by atoms with E-state index in [0.717, 1.165) is 0 Å². The second-order valence-electron chi connectivity index (χ2n) is 6.65. The van der Waals surface area contributed by atoms with E-state index in [0.29, 0.717) is 0 Å². The average Bonchev–Trinajstić information content (AvgIpc) is 2.56. The van der Waals surface area contributed by atoms with Crippen LogP contribution in [0.2, 0.25) is 0 Å². The van der Waals surface area contributed by atoms with Gasteiger partial charge in [0.2, 0.25) is 5.41 Å². The van der Waals surface area contributed by atoms with Gasteiger partial charge in [0.25, 0.3) is 0 Å². The number of halogens is 12. The van der Waals surface area contributed by atoms with Crippen molar-refractivity contribution in [3.63, 3.8) is 0 Å². The Labute approximate surface area is 175 Å². The highest BCUT2D eigenvalue weighted by Crippen LogP contribution is 2.60. The Hall–Kier alpha value is -3.20. The van der Waals surface area contributed by atoms with Gasteiger partial charge >= 0.3 is 24.7 Å². The van der Waals surface area contributed by atoms with Crippen LogP contribution in [0.4, 0.5) is 64.1 Å². The van der Waals surface area contributed by atoms with Crippen molar-refractivity contribution >= 4 is 11.4 Å². The number of hydrogen-bond donors (Lipinski definition) is 4. The van der Waals surface area contributed by atoms with E-state index in [4.69, 9.17) is 11.5 Å². The number of nitrogens with two attached hydrogens (primary N) is 2. The zero-order valence-corrected chi connectivity index (χ0v) is 15.4. The van der Waals surface area contributed by atoms with Crippen LogP contribution in [0.15, 0.2) is 24.3 Å². The standard InChI is InChI=1S/C17H10F12N2O2/c18-14(19,20)7-4-10(32)9(30)3-6(7)13(16(24,25)26,17(27,28)29)5-1-8(15(21,22)23)12(31)11(33)2-5/h1-4,32-33H,30-31H2. The van der Waals surface area contributed by atoms with E-state index in [9.17, 15) is 62.9 Å². The zero-order chi connectivity index (χ0) is 25.9. The number of nitrogen functional groups attached to an aromatic ring is 2. The van der Waals surface area contributed by atoms with Crippen LogP contribution in [0, 0.1) is 0 Å². The van der Waals surface area contributed by atoms with Crippen LogP contribution in [0.5, 0.6) is 11.5 Å². The molecule has 0 aliphatic rings.